The van der Waals surface area contributed by atoms with Crippen molar-refractivity contribution in [3.05, 3.63) is 58.7 Å². The predicted molar refractivity (Wildman–Crippen MR) is 84.4 cm³/mol. The molecule has 0 aliphatic heterocycles. The van der Waals surface area contributed by atoms with Gasteiger partial charge in [-0.15, -0.1) is 0 Å². The number of benzene rings is 2. The van der Waals surface area contributed by atoms with Crippen LogP contribution in [0.2, 0.25) is 5.02 Å². The number of aromatic hydroxyl groups is 1. The van der Waals surface area contributed by atoms with Gasteiger partial charge in [-0.2, -0.15) is 0 Å². The molecule has 2 aromatic carbocycles. The zero-order chi connectivity index (χ0) is 15.0. The van der Waals surface area contributed by atoms with Crippen LogP contribution in [0.25, 0.3) is 10.9 Å². The molecule has 0 unspecified atom stereocenters. The third kappa shape index (κ3) is 2.52. The van der Waals surface area contributed by atoms with Gasteiger partial charge in [0.05, 0.1) is 0 Å². The Morgan fingerprint density at radius 3 is 2.48 bits per heavy atom. The number of hydrogen-bond donors (Lipinski definition) is 1. The Morgan fingerprint density at radius 2 is 1.76 bits per heavy atom. The van der Waals surface area contributed by atoms with E-state index in [0.717, 1.165) is 11.3 Å². The SMILES string of the molecule is Cc1nc2c(Oc3ccc(Cl)cc3)cccc2c(O)c1C. The lowest BCUT2D eigenvalue weighted by atomic mass is 10.1. The zero-order valence-electron chi connectivity index (χ0n) is 11.7. The van der Waals surface area contributed by atoms with Gasteiger partial charge in [-0.25, -0.2) is 4.98 Å². The minimum Gasteiger partial charge on any atom is -0.507 e. The van der Waals surface area contributed by atoms with E-state index in [4.69, 9.17) is 16.3 Å². The summed E-state index contributed by atoms with van der Waals surface area (Å²) in [4.78, 5) is 4.54. The molecule has 0 atom stereocenters. The van der Waals surface area contributed by atoms with Gasteiger partial charge in [0.15, 0.2) is 5.75 Å². The number of para-hydroxylation sites is 1. The molecule has 0 saturated heterocycles. The van der Waals surface area contributed by atoms with Crippen LogP contribution in [0.15, 0.2) is 42.5 Å². The first-order chi connectivity index (χ1) is 10.1. The van der Waals surface area contributed by atoms with E-state index < -0.39 is 0 Å². The molecule has 21 heavy (non-hydrogen) atoms. The Hall–Kier alpha value is -2.26. The van der Waals surface area contributed by atoms with E-state index in [1.807, 2.05) is 32.0 Å². The number of nitrogens with zero attached hydrogens (tertiary/aromatic N) is 1. The zero-order valence-corrected chi connectivity index (χ0v) is 12.5. The smallest absolute Gasteiger partial charge is 0.153 e. The molecule has 1 aromatic heterocycles. The highest BCUT2D eigenvalue weighted by Gasteiger charge is 2.12. The highest BCUT2D eigenvalue weighted by atomic mass is 35.5. The second kappa shape index (κ2) is 5.26. The van der Waals surface area contributed by atoms with E-state index >= 15 is 0 Å². The van der Waals surface area contributed by atoms with Gasteiger partial charge in [0, 0.05) is 21.7 Å². The monoisotopic (exact) mass is 299 g/mol. The van der Waals surface area contributed by atoms with Gasteiger partial charge in [0.1, 0.15) is 17.0 Å². The minimum atomic E-state index is 0.249. The summed E-state index contributed by atoms with van der Waals surface area (Å²) in [5.74, 6) is 1.53. The molecule has 106 valence electrons. The molecule has 0 radical (unpaired) electrons. The lowest BCUT2D eigenvalue weighted by Gasteiger charge is -2.12. The molecule has 0 bridgehead atoms. The van der Waals surface area contributed by atoms with Crippen LogP contribution in [0.3, 0.4) is 0 Å². The van der Waals surface area contributed by atoms with Crippen molar-refractivity contribution in [3.8, 4) is 17.2 Å². The van der Waals surface area contributed by atoms with Crippen LogP contribution < -0.4 is 4.74 Å². The van der Waals surface area contributed by atoms with Crippen molar-refractivity contribution >= 4 is 22.5 Å². The summed E-state index contributed by atoms with van der Waals surface area (Å²) in [5.41, 5.74) is 2.21. The first-order valence-corrected chi connectivity index (χ1v) is 6.96. The summed E-state index contributed by atoms with van der Waals surface area (Å²) in [6.07, 6.45) is 0. The van der Waals surface area contributed by atoms with Crippen molar-refractivity contribution in [2.45, 2.75) is 13.8 Å². The number of aromatic nitrogens is 1. The second-order valence-electron chi connectivity index (χ2n) is 4.88. The van der Waals surface area contributed by atoms with Crippen molar-refractivity contribution < 1.29 is 9.84 Å². The molecular weight excluding hydrogens is 286 g/mol. The molecule has 0 aliphatic rings. The van der Waals surface area contributed by atoms with Crippen molar-refractivity contribution in [2.24, 2.45) is 0 Å². The van der Waals surface area contributed by atoms with Gasteiger partial charge >= 0.3 is 0 Å². The van der Waals surface area contributed by atoms with E-state index in [-0.39, 0.29) is 5.75 Å². The van der Waals surface area contributed by atoms with Crippen LogP contribution in [0.1, 0.15) is 11.3 Å². The molecule has 3 rings (SSSR count). The Labute approximate surface area is 127 Å². The summed E-state index contributed by atoms with van der Waals surface area (Å²) in [6.45, 7) is 3.72. The molecular formula is C17H14ClNO2. The van der Waals surface area contributed by atoms with Crippen LogP contribution >= 0.6 is 11.6 Å². The van der Waals surface area contributed by atoms with Crippen molar-refractivity contribution in [1.82, 2.24) is 4.98 Å². The maximum absolute atomic E-state index is 10.3. The molecule has 0 fully saturated rings. The van der Waals surface area contributed by atoms with Crippen molar-refractivity contribution in [3.63, 3.8) is 0 Å². The van der Waals surface area contributed by atoms with E-state index in [2.05, 4.69) is 4.98 Å². The maximum atomic E-state index is 10.3. The summed E-state index contributed by atoms with van der Waals surface area (Å²) in [7, 11) is 0. The first kappa shape index (κ1) is 13.7. The number of rotatable bonds is 2. The van der Waals surface area contributed by atoms with Crippen LogP contribution in [-0.4, -0.2) is 10.1 Å². The number of aryl methyl sites for hydroxylation is 1. The number of ether oxygens (including phenoxy) is 1. The number of halogens is 1. The normalized spacial score (nSPS) is 10.8. The lowest BCUT2D eigenvalue weighted by molar-refractivity contribution is 0.473. The van der Waals surface area contributed by atoms with Gasteiger partial charge in [0.2, 0.25) is 0 Å². The molecule has 0 saturated carbocycles. The molecule has 1 heterocycles. The minimum absolute atomic E-state index is 0.249. The Balaban J connectivity index is 2.12. The third-order valence-corrected chi connectivity index (χ3v) is 3.72. The largest absolute Gasteiger partial charge is 0.507 e. The second-order valence-corrected chi connectivity index (χ2v) is 5.32. The van der Waals surface area contributed by atoms with Crippen LogP contribution in [0.4, 0.5) is 0 Å². The highest BCUT2D eigenvalue weighted by Crippen LogP contribution is 2.35. The Morgan fingerprint density at radius 1 is 1.05 bits per heavy atom. The van der Waals surface area contributed by atoms with Gasteiger partial charge in [-0.1, -0.05) is 17.7 Å². The molecule has 4 heteroatoms. The summed E-state index contributed by atoms with van der Waals surface area (Å²) in [5, 5.41) is 11.6. The fourth-order valence-electron chi connectivity index (χ4n) is 2.17. The maximum Gasteiger partial charge on any atom is 0.153 e. The fourth-order valence-corrected chi connectivity index (χ4v) is 2.29. The van der Waals surface area contributed by atoms with E-state index in [0.29, 0.717) is 27.4 Å². The summed E-state index contributed by atoms with van der Waals surface area (Å²) >= 11 is 5.87. The van der Waals surface area contributed by atoms with Gasteiger partial charge in [0.25, 0.3) is 0 Å². The van der Waals surface area contributed by atoms with E-state index in [1.54, 1.807) is 24.3 Å². The number of pyridine rings is 1. The molecule has 3 nitrogen and oxygen atoms in total. The molecule has 0 spiro atoms. The predicted octanol–water partition coefficient (Wildman–Crippen LogP) is 5.00. The van der Waals surface area contributed by atoms with Gasteiger partial charge in [-0.3, -0.25) is 0 Å². The van der Waals surface area contributed by atoms with Crippen LogP contribution in [0.5, 0.6) is 17.2 Å². The Kier molecular flexibility index (Phi) is 3.43. The average molecular weight is 300 g/mol. The lowest BCUT2D eigenvalue weighted by Crippen LogP contribution is -1.93. The molecule has 0 aliphatic carbocycles. The molecule has 1 N–H and O–H groups in total. The topological polar surface area (TPSA) is 42.4 Å². The van der Waals surface area contributed by atoms with E-state index in [1.165, 1.54) is 0 Å². The fraction of sp³-hybridized carbons (Fsp3) is 0.118. The number of fused-ring (bicyclic) bond motifs is 1. The van der Waals surface area contributed by atoms with Crippen LogP contribution in [0, 0.1) is 13.8 Å². The quantitative estimate of drug-likeness (QED) is 0.724. The standard InChI is InChI=1S/C17H14ClNO2/c1-10-11(2)19-16-14(17(10)20)4-3-5-15(16)21-13-8-6-12(18)7-9-13/h3-9H,1-2H3,(H,19,20). The Bertz CT molecular complexity index is 813. The van der Waals surface area contributed by atoms with Gasteiger partial charge < -0.3 is 9.84 Å². The first-order valence-electron chi connectivity index (χ1n) is 6.58. The van der Waals surface area contributed by atoms with Crippen molar-refractivity contribution in [1.29, 1.82) is 0 Å². The number of hydrogen-bond acceptors (Lipinski definition) is 3. The average Bonchev–Trinajstić information content (AvgIpc) is 2.48. The van der Waals surface area contributed by atoms with Crippen molar-refractivity contribution in [2.75, 3.05) is 0 Å². The highest BCUT2D eigenvalue weighted by molar-refractivity contribution is 6.30. The van der Waals surface area contributed by atoms with Gasteiger partial charge in [-0.05, 0) is 50.2 Å². The molecule has 0 amide bonds. The summed E-state index contributed by atoms with van der Waals surface area (Å²) < 4.78 is 5.86. The molecule has 3 aromatic rings. The van der Waals surface area contributed by atoms with Crippen LogP contribution in [-0.2, 0) is 0 Å². The van der Waals surface area contributed by atoms with E-state index in [9.17, 15) is 5.11 Å². The summed E-state index contributed by atoms with van der Waals surface area (Å²) in [6, 6.07) is 12.6. The third-order valence-electron chi connectivity index (χ3n) is 3.47.